The second kappa shape index (κ2) is 23.8. The predicted octanol–water partition coefficient (Wildman–Crippen LogP) is 6.77. The van der Waals surface area contributed by atoms with Crippen LogP contribution in [0.1, 0.15) is 75.1 Å². The first-order valence-electron chi connectivity index (χ1n) is 19.6. The number of carbonyl (C=O) groups is 3. The molecule has 4 aromatic carbocycles. The molecule has 0 radical (unpaired) electrons. The fourth-order valence-electron chi connectivity index (χ4n) is 6.53. The fourth-order valence-corrected chi connectivity index (χ4v) is 6.53. The highest BCUT2D eigenvalue weighted by Crippen LogP contribution is 2.35. The van der Waals surface area contributed by atoms with Gasteiger partial charge in [0.05, 0.1) is 6.54 Å². The fraction of sp³-hybridized carbons (Fsp3) is 0.370. The van der Waals surface area contributed by atoms with Gasteiger partial charge in [0, 0.05) is 26.1 Å². The molecule has 3 amide bonds. The monoisotopic (exact) mass is 798 g/mol. The summed E-state index contributed by atoms with van der Waals surface area (Å²) < 4.78 is 6.01. The Kier molecular flexibility index (Phi) is 19.3. The van der Waals surface area contributed by atoms with Crippen molar-refractivity contribution in [1.82, 2.24) is 15.5 Å². The molecule has 0 saturated heterocycles. The smallest absolute Gasteiger partial charge is 0.251 e. The van der Waals surface area contributed by atoms with Crippen LogP contribution in [0, 0.1) is 5.92 Å². The number of rotatable bonds is 21. The van der Waals surface area contributed by atoms with E-state index in [0.717, 1.165) is 34.2 Å². The van der Waals surface area contributed by atoms with Crippen molar-refractivity contribution >= 4 is 41.3 Å². The first-order valence-corrected chi connectivity index (χ1v) is 19.6. The number of nitrogens with two attached hydrogens (primary N) is 1. The zero-order valence-corrected chi connectivity index (χ0v) is 34.3. The summed E-state index contributed by atoms with van der Waals surface area (Å²) in [5.74, 6) is 0.0144. The van der Waals surface area contributed by atoms with E-state index in [4.69, 9.17) is 10.5 Å². The summed E-state index contributed by atoms with van der Waals surface area (Å²) in [5.41, 5.74) is 12.5. The van der Waals surface area contributed by atoms with Crippen LogP contribution in [0.25, 0.3) is 11.1 Å². The van der Waals surface area contributed by atoms with E-state index >= 15 is 0 Å². The number of unbranched alkanes of at least 4 members (excludes halogenated alkanes) is 1. The second-order valence-corrected chi connectivity index (χ2v) is 14.5. The van der Waals surface area contributed by atoms with E-state index in [1.54, 1.807) is 24.1 Å². The number of aromatic hydroxyl groups is 1. The highest BCUT2D eigenvalue weighted by atomic mass is 35.5. The number of nitrogens with zero attached hydrogens (tertiary/aromatic N) is 1. The average Bonchev–Trinajstić information content (AvgIpc) is 3.20. The van der Waals surface area contributed by atoms with Crippen molar-refractivity contribution in [3.8, 4) is 11.5 Å². The molecule has 0 aliphatic heterocycles. The molecule has 4 aromatic rings. The summed E-state index contributed by atoms with van der Waals surface area (Å²) in [5, 5.41) is 26.1. The van der Waals surface area contributed by atoms with Gasteiger partial charge in [-0.25, -0.2) is 0 Å². The summed E-state index contributed by atoms with van der Waals surface area (Å²) in [6, 6.07) is 33.3. The lowest BCUT2D eigenvalue weighted by Crippen LogP contribution is -2.54. The third kappa shape index (κ3) is 14.7. The summed E-state index contributed by atoms with van der Waals surface area (Å²) in [4.78, 5) is 40.3. The molecular formula is C46H59ClN4O6. The Labute approximate surface area is 343 Å². The van der Waals surface area contributed by atoms with Crippen molar-refractivity contribution in [3.63, 3.8) is 0 Å². The van der Waals surface area contributed by atoms with Crippen LogP contribution in [0.2, 0.25) is 0 Å². The summed E-state index contributed by atoms with van der Waals surface area (Å²) in [7, 11) is 1.75. The van der Waals surface area contributed by atoms with E-state index in [2.05, 4.69) is 29.7 Å². The molecule has 0 fully saturated rings. The Morgan fingerprint density at radius 2 is 1.40 bits per heavy atom. The molecule has 11 heteroatoms. The molecule has 10 nitrogen and oxygen atoms in total. The lowest BCUT2D eigenvalue weighted by Gasteiger charge is -2.24. The number of phenolic OH excluding ortho intramolecular Hbond substituents is 1. The summed E-state index contributed by atoms with van der Waals surface area (Å²) in [6.07, 6.45) is 1.59. The number of nitrogens with one attached hydrogen (secondary N) is 2. The van der Waals surface area contributed by atoms with E-state index in [9.17, 15) is 24.6 Å². The molecule has 0 bridgehead atoms. The van der Waals surface area contributed by atoms with Crippen molar-refractivity contribution in [2.24, 2.45) is 11.7 Å². The molecule has 0 spiro atoms. The number of amides is 3. The third-order valence-electron chi connectivity index (χ3n) is 9.64. The topological polar surface area (TPSA) is 154 Å². The van der Waals surface area contributed by atoms with Crippen LogP contribution in [0.15, 0.2) is 109 Å². The normalized spacial score (nSPS) is 13.0. The number of benzene rings is 4. The van der Waals surface area contributed by atoms with Crippen molar-refractivity contribution in [2.45, 2.75) is 77.5 Å². The van der Waals surface area contributed by atoms with E-state index in [-0.39, 0.29) is 35.9 Å². The maximum Gasteiger partial charge on any atom is 0.251 e. The van der Waals surface area contributed by atoms with Gasteiger partial charge >= 0.3 is 0 Å². The zero-order valence-electron chi connectivity index (χ0n) is 33.5. The molecule has 4 rings (SSSR count). The number of carbonyl (C=O) groups excluding carboxylic acids is 3. The van der Waals surface area contributed by atoms with Gasteiger partial charge in [0.2, 0.25) is 11.8 Å². The number of allylic oxidation sites excluding steroid dienone is 1. The molecular weight excluding hydrogens is 740 g/mol. The first kappa shape index (κ1) is 46.2. The Balaban J connectivity index is 0.00000870. The standard InChI is InChI=1S/C46H58N4O6.ClH/c1-5-39(34-16-10-7-11-17-34)43(35-19-23-37(51)24-20-35)36-21-25-38(26-22-36)56-29-28-50(4)42(52)18-12-13-27-48-45(54)41(30-32(2)3)49-46(55)44(53)40(47)31-33-14-8-6-9-15-33;/h6-11,14-17,19-26,32,40-41,44,51,53H,5,12-13,18,27-31,47H2,1-4H3,(H,48,54)(H,49,55);1H/b43-39-;/t40-,41+,44+;/m1./s1. The Morgan fingerprint density at radius 1 is 0.807 bits per heavy atom. The van der Waals surface area contributed by atoms with E-state index in [0.29, 0.717) is 57.6 Å². The van der Waals surface area contributed by atoms with Crippen LogP contribution in [0.3, 0.4) is 0 Å². The highest BCUT2D eigenvalue weighted by Gasteiger charge is 2.28. The molecule has 57 heavy (non-hydrogen) atoms. The molecule has 0 unspecified atom stereocenters. The summed E-state index contributed by atoms with van der Waals surface area (Å²) >= 11 is 0. The number of phenols is 1. The van der Waals surface area contributed by atoms with Crippen molar-refractivity contribution < 1.29 is 29.3 Å². The Hall–Kier alpha value is -5.16. The average molecular weight is 799 g/mol. The van der Waals surface area contributed by atoms with Crippen molar-refractivity contribution in [2.75, 3.05) is 26.7 Å². The minimum Gasteiger partial charge on any atom is -0.508 e. The maximum absolute atomic E-state index is 13.0. The quantitative estimate of drug-likeness (QED) is 0.0461. The molecule has 306 valence electrons. The van der Waals surface area contributed by atoms with Gasteiger partial charge in [-0.1, -0.05) is 106 Å². The van der Waals surface area contributed by atoms with Crippen LogP contribution in [-0.4, -0.2) is 77.8 Å². The zero-order chi connectivity index (χ0) is 40.5. The van der Waals surface area contributed by atoms with Gasteiger partial charge < -0.3 is 36.2 Å². The molecule has 0 aromatic heterocycles. The molecule has 0 aliphatic rings. The van der Waals surface area contributed by atoms with Crippen molar-refractivity contribution in [3.05, 3.63) is 131 Å². The van der Waals surface area contributed by atoms with E-state index in [1.165, 1.54) is 5.57 Å². The third-order valence-corrected chi connectivity index (χ3v) is 9.64. The number of likely N-dealkylation sites (N-methyl/N-ethyl adjacent to an activating group) is 1. The van der Waals surface area contributed by atoms with E-state index < -0.39 is 24.1 Å². The van der Waals surface area contributed by atoms with Gasteiger partial charge in [0.1, 0.15) is 30.3 Å². The summed E-state index contributed by atoms with van der Waals surface area (Å²) in [6.45, 7) is 7.15. The van der Waals surface area contributed by atoms with Gasteiger partial charge in [-0.3, -0.25) is 14.4 Å². The molecule has 0 saturated carbocycles. The van der Waals surface area contributed by atoms with Crippen LogP contribution < -0.4 is 21.1 Å². The molecule has 0 heterocycles. The molecule has 6 N–H and O–H groups in total. The van der Waals surface area contributed by atoms with Gasteiger partial charge in [0.25, 0.3) is 5.91 Å². The van der Waals surface area contributed by atoms with E-state index in [1.807, 2.05) is 98.8 Å². The Morgan fingerprint density at radius 3 is 2.00 bits per heavy atom. The van der Waals surface area contributed by atoms with Crippen LogP contribution in [-0.2, 0) is 20.8 Å². The second-order valence-electron chi connectivity index (χ2n) is 14.5. The number of ether oxygens (including phenoxy) is 1. The number of aliphatic hydroxyl groups is 1. The lowest BCUT2D eigenvalue weighted by atomic mass is 9.88. The van der Waals surface area contributed by atoms with Crippen LogP contribution >= 0.6 is 12.4 Å². The van der Waals surface area contributed by atoms with Crippen LogP contribution in [0.4, 0.5) is 0 Å². The first-order chi connectivity index (χ1) is 27.0. The Bertz CT molecular complexity index is 1850. The predicted molar refractivity (Wildman–Crippen MR) is 230 cm³/mol. The van der Waals surface area contributed by atoms with Gasteiger partial charge in [-0.05, 0) is 95.7 Å². The molecule has 0 aliphatic carbocycles. The van der Waals surface area contributed by atoms with Crippen LogP contribution in [0.5, 0.6) is 11.5 Å². The van der Waals surface area contributed by atoms with Gasteiger partial charge in [-0.15, -0.1) is 12.4 Å². The highest BCUT2D eigenvalue weighted by molar-refractivity contribution is 5.98. The van der Waals surface area contributed by atoms with Gasteiger partial charge in [0.15, 0.2) is 0 Å². The minimum absolute atomic E-state index is 0. The SMILES string of the molecule is CC/C(=C(\c1ccc(O)cc1)c1ccc(OCCN(C)C(=O)CCCCNC(=O)[C@H](CC(C)C)NC(=O)[C@@H](O)[C@H](N)Cc2ccccc2)cc1)c1ccccc1.Cl. The number of hydrogen-bond donors (Lipinski definition) is 5. The number of hydrogen-bond acceptors (Lipinski definition) is 7. The maximum atomic E-state index is 13.0. The van der Waals surface area contributed by atoms with Gasteiger partial charge in [-0.2, -0.15) is 0 Å². The van der Waals surface area contributed by atoms with Crippen molar-refractivity contribution in [1.29, 1.82) is 0 Å². The lowest BCUT2D eigenvalue weighted by molar-refractivity contribution is -0.135. The number of halogens is 1. The largest absolute Gasteiger partial charge is 0.508 e. The minimum atomic E-state index is -1.46. The molecule has 3 atom stereocenters. The number of aliphatic hydroxyl groups excluding tert-OH is 1.